The SMILES string of the molecule is CCC[C@@H]1C=CC2=C(CCCC2=O)O1. The summed E-state index contributed by atoms with van der Waals surface area (Å²) in [5, 5.41) is 0. The van der Waals surface area contributed by atoms with Crippen LogP contribution in [0.1, 0.15) is 39.0 Å². The Morgan fingerprint density at radius 2 is 2.36 bits per heavy atom. The van der Waals surface area contributed by atoms with Gasteiger partial charge >= 0.3 is 0 Å². The van der Waals surface area contributed by atoms with E-state index in [1.165, 1.54) is 0 Å². The second-order valence-corrected chi connectivity index (χ2v) is 3.92. The molecule has 1 aliphatic carbocycles. The lowest BCUT2D eigenvalue weighted by Gasteiger charge is -2.26. The van der Waals surface area contributed by atoms with E-state index in [1.807, 2.05) is 12.2 Å². The molecule has 0 fully saturated rings. The molecule has 0 amide bonds. The maximum absolute atomic E-state index is 11.5. The Bertz CT molecular complexity index is 299. The van der Waals surface area contributed by atoms with Gasteiger partial charge in [0, 0.05) is 12.8 Å². The summed E-state index contributed by atoms with van der Waals surface area (Å²) in [6.07, 6.45) is 8.91. The molecule has 14 heavy (non-hydrogen) atoms. The van der Waals surface area contributed by atoms with Gasteiger partial charge in [-0.2, -0.15) is 0 Å². The van der Waals surface area contributed by atoms with Gasteiger partial charge in [-0.1, -0.05) is 13.3 Å². The molecule has 0 saturated carbocycles. The smallest absolute Gasteiger partial charge is 0.166 e. The summed E-state index contributed by atoms with van der Waals surface area (Å²) in [6, 6.07) is 0. The van der Waals surface area contributed by atoms with Crippen LogP contribution in [0.2, 0.25) is 0 Å². The second kappa shape index (κ2) is 3.99. The van der Waals surface area contributed by atoms with Crippen LogP contribution < -0.4 is 0 Å². The quantitative estimate of drug-likeness (QED) is 0.672. The van der Waals surface area contributed by atoms with E-state index in [-0.39, 0.29) is 11.9 Å². The zero-order valence-corrected chi connectivity index (χ0v) is 8.58. The fourth-order valence-corrected chi connectivity index (χ4v) is 2.01. The molecule has 0 radical (unpaired) electrons. The zero-order chi connectivity index (χ0) is 9.97. The summed E-state index contributed by atoms with van der Waals surface area (Å²) in [6.45, 7) is 2.15. The van der Waals surface area contributed by atoms with E-state index in [2.05, 4.69) is 6.92 Å². The maximum atomic E-state index is 11.5. The lowest BCUT2D eigenvalue weighted by atomic mass is 9.93. The molecule has 0 bridgehead atoms. The molecule has 2 rings (SSSR count). The number of rotatable bonds is 2. The number of Topliss-reactive ketones (excluding diaryl/α,β-unsaturated/α-hetero) is 1. The Hall–Kier alpha value is -1.05. The number of carbonyl (C=O) groups excluding carboxylic acids is 1. The normalized spacial score (nSPS) is 26.1. The molecule has 1 heterocycles. The van der Waals surface area contributed by atoms with Gasteiger partial charge in [0.15, 0.2) is 5.78 Å². The first-order chi connectivity index (χ1) is 6.81. The monoisotopic (exact) mass is 192 g/mol. The van der Waals surface area contributed by atoms with Crippen LogP contribution in [0, 0.1) is 0 Å². The largest absolute Gasteiger partial charge is 0.490 e. The molecule has 0 spiro atoms. The summed E-state index contributed by atoms with van der Waals surface area (Å²) in [7, 11) is 0. The first-order valence-corrected chi connectivity index (χ1v) is 5.42. The van der Waals surface area contributed by atoms with E-state index in [0.717, 1.165) is 37.0 Å². The Kier molecular flexibility index (Phi) is 2.71. The molecule has 2 aliphatic rings. The fraction of sp³-hybridized carbons (Fsp3) is 0.583. The predicted molar refractivity (Wildman–Crippen MR) is 54.8 cm³/mol. The molecule has 1 aliphatic heterocycles. The van der Waals surface area contributed by atoms with Crippen molar-refractivity contribution in [1.82, 2.24) is 0 Å². The van der Waals surface area contributed by atoms with E-state index in [4.69, 9.17) is 4.74 Å². The molecular weight excluding hydrogens is 176 g/mol. The lowest BCUT2D eigenvalue weighted by molar-refractivity contribution is -0.116. The Morgan fingerprint density at radius 1 is 1.50 bits per heavy atom. The Morgan fingerprint density at radius 3 is 3.14 bits per heavy atom. The summed E-state index contributed by atoms with van der Waals surface area (Å²) >= 11 is 0. The van der Waals surface area contributed by atoms with Crippen LogP contribution in [0.15, 0.2) is 23.5 Å². The molecule has 0 aromatic rings. The van der Waals surface area contributed by atoms with Gasteiger partial charge in [0.2, 0.25) is 0 Å². The number of carbonyl (C=O) groups is 1. The number of hydrogen-bond acceptors (Lipinski definition) is 2. The van der Waals surface area contributed by atoms with Crippen molar-refractivity contribution in [3.63, 3.8) is 0 Å². The molecule has 2 nitrogen and oxygen atoms in total. The van der Waals surface area contributed by atoms with Crippen LogP contribution in [0.3, 0.4) is 0 Å². The van der Waals surface area contributed by atoms with Gasteiger partial charge in [0.05, 0.1) is 5.57 Å². The predicted octanol–water partition coefficient (Wildman–Crippen LogP) is 2.75. The van der Waals surface area contributed by atoms with Crippen molar-refractivity contribution in [3.8, 4) is 0 Å². The van der Waals surface area contributed by atoms with Crippen LogP contribution in [-0.2, 0) is 9.53 Å². The van der Waals surface area contributed by atoms with Crippen LogP contribution in [0.25, 0.3) is 0 Å². The highest BCUT2D eigenvalue weighted by Gasteiger charge is 2.24. The van der Waals surface area contributed by atoms with Crippen LogP contribution in [0.5, 0.6) is 0 Å². The van der Waals surface area contributed by atoms with Gasteiger partial charge in [0.25, 0.3) is 0 Å². The second-order valence-electron chi connectivity index (χ2n) is 3.92. The van der Waals surface area contributed by atoms with Crippen molar-refractivity contribution < 1.29 is 9.53 Å². The summed E-state index contributed by atoms with van der Waals surface area (Å²) in [4.78, 5) is 11.5. The molecular formula is C12H16O2. The molecule has 1 atom stereocenters. The number of ketones is 1. The van der Waals surface area contributed by atoms with Crippen molar-refractivity contribution in [2.45, 2.75) is 45.1 Å². The van der Waals surface area contributed by atoms with Crippen molar-refractivity contribution >= 4 is 5.78 Å². The van der Waals surface area contributed by atoms with E-state index in [1.54, 1.807) is 0 Å². The summed E-state index contributed by atoms with van der Waals surface area (Å²) in [5.41, 5.74) is 0.823. The highest BCUT2D eigenvalue weighted by molar-refractivity contribution is 5.99. The minimum Gasteiger partial charge on any atom is -0.490 e. The molecule has 0 N–H and O–H groups in total. The third-order valence-electron chi connectivity index (χ3n) is 2.75. The third kappa shape index (κ3) is 1.74. The van der Waals surface area contributed by atoms with Gasteiger partial charge in [-0.3, -0.25) is 4.79 Å². The van der Waals surface area contributed by atoms with Gasteiger partial charge < -0.3 is 4.74 Å². The summed E-state index contributed by atoms with van der Waals surface area (Å²) in [5.74, 6) is 1.18. The fourth-order valence-electron chi connectivity index (χ4n) is 2.01. The number of allylic oxidation sites excluding steroid dienone is 3. The molecule has 2 heteroatoms. The van der Waals surface area contributed by atoms with Gasteiger partial charge in [-0.15, -0.1) is 0 Å². The maximum Gasteiger partial charge on any atom is 0.166 e. The molecule has 0 saturated heterocycles. The highest BCUT2D eigenvalue weighted by atomic mass is 16.5. The van der Waals surface area contributed by atoms with Gasteiger partial charge in [0.1, 0.15) is 11.9 Å². The van der Waals surface area contributed by atoms with Crippen molar-refractivity contribution in [2.24, 2.45) is 0 Å². The minimum atomic E-state index is 0.199. The molecule has 76 valence electrons. The molecule has 0 aromatic carbocycles. The number of hydrogen-bond donors (Lipinski definition) is 0. The molecule has 0 aromatic heterocycles. The van der Waals surface area contributed by atoms with Crippen LogP contribution in [-0.4, -0.2) is 11.9 Å². The molecule has 0 unspecified atom stereocenters. The van der Waals surface area contributed by atoms with E-state index in [9.17, 15) is 4.79 Å². The minimum absolute atomic E-state index is 0.199. The summed E-state index contributed by atoms with van der Waals surface area (Å²) < 4.78 is 5.77. The van der Waals surface area contributed by atoms with E-state index in [0.29, 0.717) is 6.42 Å². The Labute approximate surface area is 84.6 Å². The van der Waals surface area contributed by atoms with E-state index >= 15 is 0 Å². The van der Waals surface area contributed by atoms with Crippen LogP contribution in [0.4, 0.5) is 0 Å². The third-order valence-corrected chi connectivity index (χ3v) is 2.75. The zero-order valence-electron chi connectivity index (χ0n) is 8.58. The highest BCUT2D eigenvalue weighted by Crippen LogP contribution is 2.29. The average molecular weight is 192 g/mol. The van der Waals surface area contributed by atoms with Crippen molar-refractivity contribution in [3.05, 3.63) is 23.5 Å². The lowest BCUT2D eigenvalue weighted by Crippen LogP contribution is -2.20. The Balaban J connectivity index is 2.12. The average Bonchev–Trinajstić information content (AvgIpc) is 2.18. The standard InChI is InChI=1S/C12H16O2/c1-2-4-9-7-8-10-11(13)5-3-6-12(10)14-9/h7-9H,2-6H2,1H3/t9-/m1/s1. The van der Waals surface area contributed by atoms with Crippen molar-refractivity contribution in [1.29, 1.82) is 0 Å². The van der Waals surface area contributed by atoms with Crippen molar-refractivity contribution in [2.75, 3.05) is 0 Å². The van der Waals surface area contributed by atoms with Crippen LogP contribution >= 0.6 is 0 Å². The van der Waals surface area contributed by atoms with Gasteiger partial charge in [-0.05, 0) is 25.0 Å². The number of ether oxygens (including phenoxy) is 1. The first-order valence-electron chi connectivity index (χ1n) is 5.42. The van der Waals surface area contributed by atoms with E-state index < -0.39 is 0 Å². The van der Waals surface area contributed by atoms with Gasteiger partial charge in [-0.25, -0.2) is 0 Å². The first kappa shape index (κ1) is 9.50. The topological polar surface area (TPSA) is 26.3 Å².